The average molecular weight is 511 g/mol. The maximum Gasteiger partial charge on any atom is 0.283 e. The van der Waals surface area contributed by atoms with Gasteiger partial charge in [-0.2, -0.15) is 0 Å². The number of benzene rings is 2. The third-order valence-corrected chi connectivity index (χ3v) is 9.08. The number of nitrogens with one attached hydrogen (secondary N) is 1. The fourth-order valence-electron chi connectivity index (χ4n) is 5.68. The Hall–Kier alpha value is -2.46. The van der Waals surface area contributed by atoms with Gasteiger partial charge < -0.3 is 4.90 Å². The zero-order valence-corrected chi connectivity index (χ0v) is 19.9. The molecule has 10 heteroatoms. The second kappa shape index (κ2) is 8.30. The van der Waals surface area contributed by atoms with Crippen LogP contribution in [0.2, 0.25) is 0 Å². The summed E-state index contributed by atoms with van der Waals surface area (Å²) >= 11 is 0. The van der Waals surface area contributed by atoms with Crippen molar-refractivity contribution < 1.29 is 30.8 Å². The Balaban J connectivity index is 1.52. The molecule has 1 heterocycles. The van der Waals surface area contributed by atoms with Crippen molar-refractivity contribution in [2.45, 2.75) is 50.6 Å². The van der Waals surface area contributed by atoms with Crippen molar-refractivity contribution in [3.05, 3.63) is 59.7 Å². The molecule has 2 aromatic carbocycles. The summed E-state index contributed by atoms with van der Waals surface area (Å²) in [6, 6.07) is 6.62. The molecule has 3 saturated carbocycles. The van der Waals surface area contributed by atoms with E-state index in [4.69, 9.17) is 0 Å². The third kappa shape index (κ3) is 4.14. The summed E-state index contributed by atoms with van der Waals surface area (Å²) in [7, 11) is -4.03. The van der Waals surface area contributed by atoms with Crippen molar-refractivity contribution in [1.82, 2.24) is 9.62 Å². The molecule has 1 aliphatic heterocycles. The fourth-order valence-corrected chi connectivity index (χ4v) is 6.57. The van der Waals surface area contributed by atoms with Crippen LogP contribution in [0, 0.1) is 23.0 Å². The van der Waals surface area contributed by atoms with Crippen LogP contribution in [-0.2, 0) is 21.2 Å². The topological polar surface area (TPSA) is 66.5 Å². The van der Waals surface area contributed by atoms with E-state index >= 15 is 13.2 Å². The van der Waals surface area contributed by atoms with E-state index in [1.807, 2.05) is 0 Å². The van der Waals surface area contributed by atoms with Gasteiger partial charge in [0.15, 0.2) is 0 Å². The number of hydrogen-bond acceptors (Lipinski definition) is 3. The highest BCUT2D eigenvalue weighted by Gasteiger charge is 2.66. The fraction of sp³-hybridized carbons (Fsp3) is 0.480. The first-order valence-corrected chi connectivity index (χ1v) is 13.3. The Bertz CT molecular complexity index is 1270. The highest BCUT2D eigenvalue weighted by molar-refractivity contribution is 7.89. The molecule has 4 aliphatic rings. The number of sulfonamides is 1. The lowest BCUT2D eigenvalue weighted by Gasteiger charge is -2.61. The number of nitrogens with zero attached hydrogens (tertiary/aromatic N) is 1. The maximum absolute atomic E-state index is 15.6. The molecule has 0 aromatic heterocycles. The predicted molar refractivity (Wildman–Crippen MR) is 122 cm³/mol. The zero-order valence-electron chi connectivity index (χ0n) is 19.1. The van der Waals surface area contributed by atoms with Crippen LogP contribution in [0.4, 0.5) is 17.6 Å². The van der Waals surface area contributed by atoms with Gasteiger partial charge in [-0.3, -0.25) is 4.79 Å². The molecule has 1 amide bonds. The van der Waals surface area contributed by atoms with E-state index in [2.05, 4.69) is 4.72 Å². The Morgan fingerprint density at radius 1 is 1.11 bits per heavy atom. The van der Waals surface area contributed by atoms with Crippen molar-refractivity contribution in [3.63, 3.8) is 0 Å². The van der Waals surface area contributed by atoms with Gasteiger partial charge in [0.2, 0.25) is 15.9 Å². The molecule has 0 spiro atoms. The Kier molecular flexibility index (Phi) is 5.75. The summed E-state index contributed by atoms with van der Waals surface area (Å²) in [5.41, 5.74) is -0.231. The maximum atomic E-state index is 15.6. The quantitative estimate of drug-likeness (QED) is 0.570. The molecule has 1 saturated heterocycles. The number of carbonyl (C=O) groups is 1. The van der Waals surface area contributed by atoms with Crippen molar-refractivity contribution in [2.24, 2.45) is 11.3 Å². The van der Waals surface area contributed by atoms with Gasteiger partial charge in [-0.15, -0.1) is 0 Å². The lowest BCUT2D eigenvalue weighted by Crippen LogP contribution is -2.62. The molecule has 2 aromatic rings. The lowest BCUT2D eigenvalue weighted by atomic mass is 9.44. The SMILES string of the molecule is CCS(=O)(=O)N[C@@H]1[C@H](Cc2cccc(-c3cccc(F)c3)c2F)N(C(=O)C23CC(C2)C3)CC1(F)F. The van der Waals surface area contributed by atoms with Gasteiger partial charge in [0, 0.05) is 5.56 Å². The van der Waals surface area contributed by atoms with E-state index in [-0.39, 0.29) is 23.1 Å². The third-order valence-electron chi connectivity index (χ3n) is 7.70. The van der Waals surface area contributed by atoms with Crippen molar-refractivity contribution >= 4 is 15.9 Å². The lowest BCUT2D eigenvalue weighted by molar-refractivity contribution is -0.178. The number of likely N-dealkylation sites (tertiary alicyclic amines) is 1. The first-order valence-electron chi connectivity index (χ1n) is 11.7. The summed E-state index contributed by atoms with van der Waals surface area (Å²) in [6.07, 6.45) is 1.63. The number of halogens is 4. The summed E-state index contributed by atoms with van der Waals surface area (Å²) in [5.74, 6) is -5.17. The minimum atomic E-state index is -4.03. The van der Waals surface area contributed by atoms with Gasteiger partial charge in [0.25, 0.3) is 5.92 Å². The van der Waals surface area contributed by atoms with E-state index < -0.39 is 63.3 Å². The molecule has 188 valence electrons. The van der Waals surface area contributed by atoms with E-state index in [0.717, 1.165) is 4.90 Å². The molecule has 2 bridgehead atoms. The van der Waals surface area contributed by atoms with E-state index in [1.54, 1.807) is 0 Å². The largest absolute Gasteiger partial charge is 0.331 e. The molecule has 5 nitrogen and oxygen atoms in total. The molecule has 35 heavy (non-hydrogen) atoms. The summed E-state index contributed by atoms with van der Waals surface area (Å²) < 4.78 is 86.3. The number of rotatable bonds is 7. The highest BCUT2D eigenvalue weighted by atomic mass is 32.2. The number of amides is 1. The zero-order chi connectivity index (χ0) is 25.2. The normalized spacial score (nSPS) is 28.9. The van der Waals surface area contributed by atoms with Crippen LogP contribution in [0.1, 0.15) is 31.7 Å². The molecular weight excluding hydrogens is 484 g/mol. The molecule has 0 radical (unpaired) electrons. The number of carbonyl (C=O) groups excluding carboxylic acids is 1. The van der Waals surface area contributed by atoms with Crippen LogP contribution in [0.25, 0.3) is 11.1 Å². The number of hydrogen-bond donors (Lipinski definition) is 1. The summed E-state index contributed by atoms with van der Waals surface area (Å²) in [5, 5.41) is 0. The second-order valence-corrected chi connectivity index (χ2v) is 12.1. The van der Waals surface area contributed by atoms with E-state index in [0.29, 0.717) is 25.2 Å². The molecular formula is C25H26F4N2O3S. The van der Waals surface area contributed by atoms with E-state index in [1.165, 1.54) is 49.4 Å². The molecule has 1 N–H and O–H groups in total. The first kappa shape index (κ1) is 24.2. The smallest absolute Gasteiger partial charge is 0.283 e. The van der Waals surface area contributed by atoms with Crippen LogP contribution < -0.4 is 4.72 Å². The van der Waals surface area contributed by atoms with E-state index in [9.17, 15) is 17.6 Å². The highest BCUT2D eigenvalue weighted by Crippen LogP contribution is 2.65. The molecule has 6 rings (SSSR count). The van der Waals surface area contributed by atoms with Gasteiger partial charge >= 0.3 is 0 Å². The average Bonchev–Trinajstić information content (AvgIpc) is 2.97. The van der Waals surface area contributed by atoms with Gasteiger partial charge in [-0.05, 0) is 61.8 Å². The van der Waals surface area contributed by atoms with Crippen molar-refractivity contribution in [3.8, 4) is 11.1 Å². The van der Waals surface area contributed by atoms with Gasteiger partial charge in [0.1, 0.15) is 17.7 Å². The summed E-state index contributed by atoms with van der Waals surface area (Å²) in [4.78, 5) is 14.4. The molecule has 2 atom stereocenters. The van der Waals surface area contributed by atoms with Gasteiger partial charge in [-0.25, -0.2) is 30.7 Å². The Morgan fingerprint density at radius 2 is 1.80 bits per heavy atom. The molecule has 4 fully saturated rings. The minimum Gasteiger partial charge on any atom is -0.331 e. The van der Waals surface area contributed by atoms with Crippen molar-refractivity contribution in [2.75, 3.05) is 12.3 Å². The first-order chi connectivity index (χ1) is 16.4. The standard InChI is InChI=1S/C25H26F4N2O3S/c1-2-35(33,34)30-22-20(31(14-25(22,28)29)23(32)24-11-15(12-24)13-24)10-17-6-4-8-19(21(17)27)16-5-3-7-18(26)9-16/h3-9,15,20,22,30H,2,10-14H2,1H3/t15?,20-,22+,24?/m0/s1. The van der Waals surface area contributed by atoms with Crippen LogP contribution in [0.3, 0.4) is 0 Å². The molecule has 0 unspecified atom stereocenters. The molecule has 3 aliphatic carbocycles. The summed E-state index contributed by atoms with van der Waals surface area (Å²) in [6.45, 7) is 0.405. The monoisotopic (exact) mass is 510 g/mol. The number of alkyl halides is 2. The van der Waals surface area contributed by atoms with Crippen LogP contribution in [0.5, 0.6) is 0 Å². The Labute approximate surface area is 201 Å². The van der Waals surface area contributed by atoms with Gasteiger partial charge in [0.05, 0.1) is 23.8 Å². The van der Waals surface area contributed by atoms with Crippen molar-refractivity contribution in [1.29, 1.82) is 0 Å². The Morgan fingerprint density at radius 3 is 2.40 bits per heavy atom. The van der Waals surface area contributed by atoms with Crippen LogP contribution in [0.15, 0.2) is 42.5 Å². The van der Waals surface area contributed by atoms with Gasteiger partial charge in [-0.1, -0.05) is 30.3 Å². The van der Waals surface area contributed by atoms with Crippen LogP contribution in [-0.4, -0.2) is 49.5 Å². The predicted octanol–water partition coefficient (Wildman–Crippen LogP) is 4.13. The minimum absolute atomic E-state index is 0.0468. The second-order valence-electron chi connectivity index (χ2n) is 10.0. The van der Waals surface area contributed by atoms with Crippen LogP contribution >= 0.6 is 0 Å².